The van der Waals surface area contributed by atoms with Gasteiger partial charge in [0.1, 0.15) is 5.69 Å². The molecule has 31 heavy (non-hydrogen) atoms. The predicted octanol–water partition coefficient (Wildman–Crippen LogP) is 1.38. The Hall–Kier alpha value is -3.37. The van der Waals surface area contributed by atoms with Crippen LogP contribution in [0.5, 0.6) is 5.88 Å². The molecule has 1 aliphatic rings. The molecule has 1 aromatic carbocycles. The Morgan fingerprint density at radius 1 is 1.23 bits per heavy atom. The van der Waals surface area contributed by atoms with Crippen LogP contribution in [0, 0.1) is 0 Å². The smallest absolute Gasteiger partial charge is 0.326 e. The molecule has 1 saturated carbocycles. The highest BCUT2D eigenvalue weighted by Gasteiger charge is 2.21. The van der Waals surface area contributed by atoms with Crippen molar-refractivity contribution in [1.82, 2.24) is 29.5 Å². The Morgan fingerprint density at radius 2 is 2.00 bits per heavy atom. The van der Waals surface area contributed by atoms with E-state index in [9.17, 15) is 9.90 Å². The summed E-state index contributed by atoms with van der Waals surface area (Å²) < 4.78 is 1.54. The van der Waals surface area contributed by atoms with Crippen LogP contribution in [-0.4, -0.2) is 40.7 Å². The highest BCUT2D eigenvalue weighted by Crippen LogP contribution is 2.22. The maximum atomic E-state index is 11.4. The lowest BCUT2D eigenvalue weighted by atomic mass is 10.2. The number of aromatic nitrogens is 6. The van der Waals surface area contributed by atoms with Crippen molar-refractivity contribution in [3.05, 3.63) is 67.0 Å². The third-order valence-corrected chi connectivity index (χ3v) is 5.07. The number of fused-ring (bicyclic) bond motifs is 1. The van der Waals surface area contributed by atoms with Gasteiger partial charge in [0.25, 0.3) is 5.62 Å². The summed E-state index contributed by atoms with van der Waals surface area (Å²) in [5, 5.41) is 19.0. The van der Waals surface area contributed by atoms with Crippen LogP contribution < -0.4 is 21.8 Å². The maximum Gasteiger partial charge on any atom is 0.326 e. The van der Waals surface area contributed by atoms with Gasteiger partial charge >= 0.3 is 5.69 Å². The molecule has 0 radical (unpaired) electrons. The summed E-state index contributed by atoms with van der Waals surface area (Å²) in [6, 6.07) is 5.49. The second kappa shape index (κ2) is 7.71. The van der Waals surface area contributed by atoms with Crippen LogP contribution in [0.2, 0.25) is 10.0 Å². The number of nitrogens with zero attached hydrogens (tertiary/aromatic N) is 5. The zero-order valence-electron chi connectivity index (χ0n) is 15.9. The predicted molar refractivity (Wildman–Crippen MR) is 115 cm³/mol. The lowest BCUT2D eigenvalue weighted by Crippen LogP contribution is -2.24. The summed E-state index contributed by atoms with van der Waals surface area (Å²) >= 11 is 12.1. The molecule has 0 bridgehead atoms. The van der Waals surface area contributed by atoms with Crippen molar-refractivity contribution in [1.29, 1.82) is 0 Å². The fourth-order valence-corrected chi connectivity index (χ4v) is 3.62. The number of imidazole rings is 1. The average molecular weight is 459 g/mol. The summed E-state index contributed by atoms with van der Waals surface area (Å²) in [6.45, 7) is 0.401. The highest BCUT2D eigenvalue weighted by molar-refractivity contribution is 6.34. The Labute approximate surface area is 184 Å². The number of hydrogen-bond donors (Lipinski definition) is 4. The second-order valence-electron chi connectivity index (χ2n) is 7.16. The van der Waals surface area contributed by atoms with Gasteiger partial charge in [0.2, 0.25) is 11.8 Å². The molecule has 5 rings (SSSR count). The topological polar surface area (TPSA) is 136 Å². The van der Waals surface area contributed by atoms with Crippen LogP contribution in [0.3, 0.4) is 0 Å². The molecule has 0 aliphatic heterocycles. The zero-order chi connectivity index (χ0) is 21.5. The Kier molecular flexibility index (Phi) is 4.87. The van der Waals surface area contributed by atoms with E-state index in [-0.39, 0.29) is 17.6 Å². The van der Waals surface area contributed by atoms with Gasteiger partial charge in [-0.25, -0.2) is 9.79 Å². The maximum absolute atomic E-state index is 11.4. The van der Waals surface area contributed by atoms with Crippen molar-refractivity contribution in [2.75, 3.05) is 5.32 Å². The third-order valence-electron chi connectivity index (χ3n) is 4.63. The van der Waals surface area contributed by atoms with Gasteiger partial charge in [-0.3, -0.25) is 4.98 Å². The summed E-state index contributed by atoms with van der Waals surface area (Å²) in [7, 11) is 0. The molecule has 1 fully saturated rings. The minimum Gasteiger partial charge on any atom is -0.493 e. The van der Waals surface area contributed by atoms with Crippen LogP contribution in [0.1, 0.15) is 24.1 Å². The fourth-order valence-electron chi connectivity index (χ4n) is 3.05. The van der Waals surface area contributed by atoms with Crippen molar-refractivity contribution < 1.29 is 5.11 Å². The molecular formula is C19H16Cl2N8O2. The molecule has 4 aromatic rings. The number of nitrogens with one attached hydrogen (secondary N) is 3. The molecule has 10 nitrogen and oxygen atoms in total. The number of benzene rings is 1. The second-order valence-corrected chi connectivity index (χ2v) is 8.03. The highest BCUT2D eigenvalue weighted by atomic mass is 35.5. The molecule has 1 aliphatic carbocycles. The van der Waals surface area contributed by atoms with Gasteiger partial charge in [0, 0.05) is 21.8 Å². The Balaban J connectivity index is 1.58. The van der Waals surface area contributed by atoms with Gasteiger partial charge in [-0.05, 0) is 42.7 Å². The number of aromatic amines is 2. The monoisotopic (exact) mass is 458 g/mol. The Bertz CT molecular complexity index is 1450. The van der Waals surface area contributed by atoms with Crippen LogP contribution in [-0.2, 0) is 6.54 Å². The summed E-state index contributed by atoms with van der Waals surface area (Å²) in [5.41, 5.74) is 1.48. The number of hydrogen-bond acceptors (Lipinski definition) is 7. The molecule has 0 atom stereocenters. The van der Waals surface area contributed by atoms with E-state index in [1.54, 1.807) is 30.5 Å². The molecular weight excluding hydrogens is 443 g/mol. The molecule has 0 unspecified atom stereocenters. The van der Waals surface area contributed by atoms with E-state index < -0.39 is 5.69 Å². The third kappa shape index (κ3) is 4.25. The van der Waals surface area contributed by atoms with Gasteiger partial charge in [0.15, 0.2) is 5.65 Å². The molecule has 12 heteroatoms. The molecule has 3 aromatic heterocycles. The normalized spacial score (nSPS) is 15.2. The number of H-pyrrole nitrogens is 2. The molecule has 0 spiro atoms. The summed E-state index contributed by atoms with van der Waals surface area (Å²) in [5.74, 6) is 0.0856. The van der Waals surface area contributed by atoms with E-state index in [0.717, 1.165) is 18.4 Å². The first kappa shape index (κ1) is 19.6. The van der Waals surface area contributed by atoms with Crippen molar-refractivity contribution in [3.63, 3.8) is 0 Å². The van der Waals surface area contributed by atoms with Gasteiger partial charge in [-0.15, -0.1) is 0 Å². The quantitative estimate of drug-likeness (QED) is 0.356. The number of anilines is 1. The fraction of sp³-hybridized carbons (Fsp3) is 0.211. The van der Waals surface area contributed by atoms with E-state index in [4.69, 9.17) is 23.2 Å². The van der Waals surface area contributed by atoms with E-state index in [2.05, 4.69) is 35.3 Å². The first-order chi connectivity index (χ1) is 14.9. The molecule has 4 N–H and O–H groups in total. The zero-order valence-corrected chi connectivity index (χ0v) is 17.4. The van der Waals surface area contributed by atoms with Crippen molar-refractivity contribution in [2.24, 2.45) is 4.99 Å². The Morgan fingerprint density at radius 3 is 2.68 bits per heavy atom. The molecule has 0 amide bonds. The van der Waals surface area contributed by atoms with Crippen molar-refractivity contribution >= 4 is 40.9 Å². The summed E-state index contributed by atoms with van der Waals surface area (Å²) in [6.07, 6.45) is 5.16. The van der Waals surface area contributed by atoms with Crippen LogP contribution in [0.4, 0.5) is 5.95 Å². The van der Waals surface area contributed by atoms with E-state index in [1.165, 1.54) is 4.52 Å². The van der Waals surface area contributed by atoms with Gasteiger partial charge in [0.05, 0.1) is 12.2 Å². The first-order valence-electron chi connectivity index (χ1n) is 9.46. The van der Waals surface area contributed by atoms with Gasteiger partial charge in [-0.1, -0.05) is 23.2 Å². The van der Waals surface area contributed by atoms with Crippen LogP contribution in [0.25, 0.3) is 11.7 Å². The largest absolute Gasteiger partial charge is 0.493 e. The summed E-state index contributed by atoms with van der Waals surface area (Å²) in [4.78, 5) is 29.9. The minimum atomic E-state index is -0.512. The molecule has 3 heterocycles. The van der Waals surface area contributed by atoms with Crippen molar-refractivity contribution in [2.45, 2.75) is 25.4 Å². The number of rotatable bonds is 5. The SMILES string of the molecule is O=c1[nH]c(O)c(C=c2cnn3c(=NC4CC4)nc(NCc4cc(Cl)cc(Cl)c4)nc23)[nH]1. The first-order valence-corrected chi connectivity index (χ1v) is 10.2. The standard InChI is InChI=1S/C19H16Cl2N8O2/c20-11-3-9(4-12(21)6-11)7-22-17-26-15-10(5-14-16(30)27-19(31)25-14)8-23-29(15)18(28-17)24-13-1-2-13/h3-6,8,13,30H,1-2,7H2,(H,22,24,28)(H2,25,27,31). The number of aromatic hydroxyl groups is 1. The lowest BCUT2D eigenvalue weighted by molar-refractivity contribution is 0.454. The van der Waals surface area contributed by atoms with Gasteiger partial charge < -0.3 is 15.4 Å². The molecule has 158 valence electrons. The lowest BCUT2D eigenvalue weighted by Gasteiger charge is -2.06. The van der Waals surface area contributed by atoms with Gasteiger partial charge in [-0.2, -0.15) is 19.6 Å². The van der Waals surface area contributed by atoms with E-state index >= 15 is 0 Å². The van der Waals surface area contributed by atoms with Crippen molar-refractivity contribution in [3.8, 4) is 5.88 Å². The number of halogens is 2. The van der Waals surface area contributed by atoms with Crippen LogP contribution >= 0.6 is 23.2 Å². The molecule has 0 saturated heterocycles. The average Bonchev–Trinajstić information content (AvgIpc) is 3.34. The van der Waals surface area contributed by atoms with E-state index in [1.807, 2.05) is 0 Å². The van der Waals surface area contributed by atoms with Crippen LogP contribution in [0.15, 0.2) is 34.2 Å². The minimum absolute atomic E-state index is 0.222. The van der Waals surface area contributed by atoms with E-state index in [0.29, 0.717) is 39.0 Å².